The van der Waals surface area contributed by atoms with Gasteiger partial charge >= 0.3 is 4.87 Å². The predicted octanol–water partition coefficient (Wildman–Crippen LogP) is 1.60. The number of rotatable bonds is 2. The largest absolute Gasteiger partial charge is 0.307 e. The molecule has 19 heavy (non-hydrogen) atoms. The van der Waals surface area contributed by atoms with Crippen LogP contribution in [-0.4, -0.2) is 24.3 Å². The molecular formula is C11H10ClN5OS. The van der Waals surface area contributed by atoms with Crippen molar-refractivity contribution in [3.63, 3.8) is 0 Å². The van der Waals surface area contributed by atoms with Gasteiger partial charge in [0.15, 0.2) is 11.5 Å². The smallest absolute Gasteiger partial charge is 0.296 e. The van der Waals surface area contributed by atoms with Crippen molar-refractivity contribution >= 4 is 34.0 Å². The molecule has 0 fully saturated rings. The Balaban J connectivity index is 2.11. The number of thiazole rings is 1. The fourth-order valence-electron chi connectivity index (χ4n) is 1.84. The fraction of sp³-hybridized carbons (Fsp3) is 0.273. The van der Waals surface area contributed by atoms with Crippen LogP contribution in [0.2, 0.25) is 5.15 Å². The summed E-state index contributed by atoms with van der Waals surface area (Å²) in [6.07, 6.45) is 1.63. The molecular weight excluding hydrogens is 286 g/mol. The van der Waals surface area contributed by atoms with Crippen molar-refractivity contribution in [1.29, 1.82) is 0 Å². The Kier molecular flexibility index (Phi) is 2.87. The van der Waals surface area contributed by atoms with E-state index < -0.39 is 0 Å². The topological polar surface area (TPSA) is 65.6 Å². The first-order valence-electron chi connectivity index (χ1n) is 5.55. The van der Waals surface area contributed by atoms with E-state index in [9.17, 15) is 4.79 Å². The van der Waals surface area contributed by atoms with Crippen LogP contribution in [0.3, 0.4) is 0 Å². The van der Waals surface area contributed by atoms with E-state index in [0.29, 0.717) is 28.6 Å². The predicted molar refractivity (Wildman–Crippen MR) is 73.7 cm³/mol. The highest BCUT2D eigenvalue weighted by Gasteiger charge is 2.12. The zero-order valence-electron chi connectivity index (χ0n) is 10.3. The first-order chi connectivity index (χ1) is 9.06. The number of nitrogens with zero attached hydrogens (tertiary/aromatic N) is 5. The summed E-state index contributed by atoms with van der Waals surface area (Å²) in [4.78, 5) is 20.3. The quantitative estimate of drug-likeness (QED) is 0.674. The summed E-state index contributed by atoms with van der Waals surface area (Å²) in [6.45, 7) is 2.19. The summed E-state index contributed by atoms with van der Waals surface area (Å²) >= 11 is 7.27. The summed E-state index contributed by atoms with van der Waals surface area (Å²) in [5, 5.41) is 6.97. The summed E-state index contributed by atoms with van der Waals surface area (Å²) in [6, 6.07) is 0. The van der Waals surface area contributed by atoms with Crippen molar-refractivity contribution in [2.75, 3.05) is 0 Å². The Morgan fingerprint density at radius 3 is 2.89 bits per heavy atom. The van der Waals surface area contributed by atoms with Gasteiger partial charge in [0.1, 0.15) is 5.15 Å². The molecule has 0 aliphatic carbocycles. The van der Waals surface area contributed by atoms with Crippen LogP contribution in [0.5, 0.6) is 0 Å². The Hall–Kier alpha value is -1.73. The van der Waals surface area contributed by atoms with E-state index >= 15 is 0 Å². The zero-order valence-corrected chi connectivity index (χ0v) is 11.9. The molecule has 0 spiro atoms. The Labute approximate surface area is 117 Å². The third-order valence-corrected chi connectivity index (χ3v) is 4.04. The minimum atomic E-state index is -0.0256. The Morgan fingerprint density at radius 2 is 2.21 bits per heavy atom. The number of hydrogen-bond acceptors (Lipinski definition) is 5. The second-order valence-corrected chi connectivity index (χ2v) is 5.34. The molecule has 0 atom stereocenters. The maximum absolute atomic E-state index is 11.7. The van der Waals surface area contributed by atoms with Crippen molar-refractivity contribution in [2.24, 2.45) is 7.05 Å². The summed E-state index contributed by atoms with van der Waals surface area (Å²) < 4.78 is 3.26. The maximum Gasteiger partial charge on any atom is 0.307 e. The average molecular weight is 296 g/mol. The van der Waals surface area contributed by atoms with Gasteiger partial charge in [0.2, 0.25) is 0 Å². The van der Waals surface area contributed by atoms with Crippen LogP contribution in [-0.2, 0) is 13.6 Å². The normalized spacial score (nSPS) is 11.3. The average Bonchev–Trinajstić information content (AvgIpc) is 2.88. The number of hydrogen-bond donors (Lipinski definition) is 0. The van der Waals surface area contributed by atoms with Crippen LogP contribution in [0.15, 0.2) is 16.4 Å². The number of halogens is 1. The zero-order chi connectivity index (χ0) is 13.6. The van der Waals surface area contributed by atoms with E-state index in [1.54, 1.807) is 22.5 Å². The standard InChI is InChI=1S/C11H10ClN5OS/c1-6-5-19-11(18)17(6)4-8-14-9(12)7-3-13-16(2)10(7)15-8/h3,5H,4H2,1-2H3. The lowest BCUT2D eigenvalue weighted by molar-refractivity contribution is 0.708. The highest BCUT2D eigenvalue weighted by atomic mass is 35.5. The summed E-state index contributed by atoms with van der Waals surface area (Å²) in [5.74, 6) is 0.504. The molecule has 0 aromatic carbocycles. The molecule has 3 rings (SSSR count). The van der Waals surface area contributed by atoms with Gasteiger partial charge in [-0.05, 0) is 6.92 Å². The van der Waals surface area contributed by atoms with Crippen LogP contribution in [0, 0.1) is 6.92 Å². The lowest BCUT2D eigenvalue weighted by Crippen LogP contribution is -2.17. The Bertz CT molecular complexity index is 818. The van der Waals surface area contributed by atoms with Crippen molar-refractivity contribution in [3.05, 3.63) is 37.9 Å². The van der Waals surface area contributed by atoms with Crippen molar-refractivity contribution < 1.29 is 0 Å². The summed E-state index contributed by atoms with van der Waals surface area (Å²) in [7, 11) is 1.79. The molecule has 0 saturated carbocycles. The second kappa shape index (κ2) is 4.43. The molecule has 0 bridgehead atoms. The molecule has 0 saturated heterocycles. The molecule has 3 aromatic heterocycles. The Morgan fingerprint density at radius 1 is 1.42 bits per heavy atom. The van der Waals surface area contributed by atoms with E-state index in [0.717, 1.165) is 17.0 Å². The lowest BCUT2D eigenvalue weighted by Gasteiger charge is -2.04. The number of aromatic nitrogens is 5. The van der Waals surface area contributed by atoms with E-state index in [2.05, 4.69) is 15.1 Å². The van der Waals surface area contributed by atoms with Crippen molar-refractivity contribution in [2.45, 2.75) is 13.5 Å². The van der Waals surface area contributed by atoms with Crippen LogP contribution >= 0.6 is 22.9 Å². The highest BCUT2D eigenvalue weighted by Crippen LogP contribution is 2.19. The SMILES string of the molecule is Cc1csc(=O)n1Cc1nc(Cl)c2cnn(C)c2n1. The highest BCUT2D eigenvalue weighted by molar-refractivity contribution is 7.07. The number of aryl methyl sites for hydroxylation is 2. The second-order valence-electron chi connectivity index (χ2n) is 4.17. The van der Waals surface area contributed by atoms with Gasteiger partial charge in [-0.3, -0.25) is 14.0 Å². The minimum Gasteiger partial charge on any atom is -0.296 e. The van der Waals surface area contributed by atoms with Crippen LogP contribution < -0.4 is 4.87 Å². The fourth-order valence-corrected chi connectivity index (χ4v) is 2.80. The van der Waals surface area contributed by atoms with E-state index in [1.807, 2.05) is 12.3 Å². The van der Waals surface area contributed by atoms with Gasteiger partial charge in [-0.1, -0.05) is 22.9 Å². The molecule has 8 heteroatoms. The van der Waals surface area contributed by atoms with Gasteiger partial charge in [-0.2, -0.15) is 5.10 Å². The third kappa shape index (κ3) is 2.04. The van der Waals surface area contributed by atoms with Crippen LogP contribution in [0.4, 0.5) is 0 Å². The molecule has 0 N–H and O–H groups in total. The maximum atomic E-state index is 11.7. The number of fused-ring (bicyclic) bond motifs is 1. The molecule has 3 heterocycles. The van der Waals surface area contributed by atoms with Crippen LogP contribution in [0.25, 0.3) is 11.0 Å². The van der Waals surface area contributed by atoms with Gasteiger partial charge in [-0.15, -0.1) is 0 Å². The van der Waals surface area contributed by atoms with Crippen molar-refractivity contribution in [1.82, 2.24) is 24.3 Å². The van der Waals surface area contributed by atoms with Gasteiger partial charge in [-0.25, -0.2) is 9.97 Å². The molecule has 3 aromatic rings. The molecule has 0 amide bonds. The van der Waals surface area contributed by atoms with Crippen molar-refractivity contribution in [3.8, 4) is 0 Å². The van der Waals surface area contributed by atoms with E-state index in [-0.39, 0.29) is 4.87 Å². The first-order valence-corrected chi connectivity index (χ1v) is 6.81. The minimum absolute atomic E-state index is 0.0256. The summed E-state index contributed by atoms with van der Waals surface area (Å²) in [5.41, 5.74) is 1.55. The van der Waals surface area contributed by atoms with Gasteiger partial charge in [0.25, 0.3) is 0 Å². The molecule has 0 aliphatic rings. The van der Waals surface area contributed by atoms with Gasteiger partial charge in [0.05, 0.1) is 18.1 Å². The van der Waals surface area contributed by atoms with Gasteiger partial charge in [0, 0.05) is 18.1 Å². The molecule has 98 valence electrons. The molecule has 0 aliphatic heterocycles. The van der Waals surface area contributed by atoms with Gasteiger partial charge < -0.3 is 0 Å². The van der Waals surface area contributed by atoms with E-state index in [1.165, 1.54) is 0 Å². The first kappa shape index (κ1) is 12.3. The molecule has 0 unspecified atom stereocenters. The third-order valence-electron chi connectivity index (χ3n) is 2.87. The molecule has 0 radical (unpaired) electrons. The molecule has 6 nitrogen and oxygen atoms in total. The van der Waals surface area contributed by atoms with E-state index in [4.69, 9.17) is 11.6 Å². The monoisotopic (exact) mass is 295 g/mol. The lowest BCUT2D eigenvalue weighted by atomic mass is 10.4. The van der Waals surface area contributed by atoms with Crippen LogP contribution in [0.1, 0.15) is 11.5 Å².